The van der Waals surface area contributed by atoms with E-state index in [1.165, 1.54) is 0 Å². The van der Waals surface area contributed by atoms with E-state index in [0.29, 0.717) is 5.92 Å². The molecule has 0 saturated carbocycles. The molecule has 1 heterocycles. The zero-order valence-corrected chi connectivity index (χ0v) is 8.55. The summed E-state index contributed by atoms with van der Waals surface area (Å²) in [5, 5.41) is 0. The predicted octanol–water partition coefficient (Wildman–Crippen LogP) is -0.436. The minimum absolute atomic E-state index is 0. The van der Waals surface area contributed by atoms with Gasteiger partial charge in [0.2, 0.25) is 5.91 Å². The summed E-state index contributed by atoms with van der Waals surface area (Å²) in [6.45, 7) is 2.54. The van der Waals surface area contributed by atoms with Crippen molar-refractivity contribution in [3.8, 4) is 0 Å². The number of likely N-dealkylation sites (tertiary alicyclic amines) is 1. The molecule has 0 spiro atoms. The Morgan fingerprint density at radius 3 is 2.23 bits per heavy atom. The van der Waals surface area contributed by atoms with E-state index in [0.717, 1.165) is 32.5 Å². The van der Waals surface area contributed by atoms with Crippen LogP contribution in [0.2, 0.25) is 0 Å². The van der Waals surface area contributed by atoms with Crippen LogP contribution in [0.15, 0.2) is 0 Å². The van der Waals surface area contributed by atoms with Crippen LogP contribution in [0.3, 0.4) is 0 Å². The van der Waals surface area contributed by atoms with Gasteiger partial charge in [0.25, 0.3) is 0 Å². The zero-order chi connectivity index (χ0) is 8.97. The van der Waals surface area contributed by atoms with Crippen molar-refractivity contribution in [2.24, 2.45) is 17.4 Å². The fraction of sp³-hybridized carbons (Fsp3) is 0.875. The summed E-state index contributed by atoms with van der Waals surface area (Å²) in [5.74, 6) is 0.664. The standard InChI is InChI=1S/C8H17N3O.ClH/c9-5-7-1-3-11(4-2-7)8(12)6-10;/h7H,1-6,9-10H2;1H. The number of rotatable bonds is 2. The maximum atomic E-state index is 11.1. The van der Waals surface area contributed by atoms with Gasteiger partial charge in [-0.05, 0) is 25.3 Å². The number of halogens is 1. The lowest BCUT2D eigenvalue weighted by atomic mass is 9.97. The summed E-state index contributed by atoms with van der Waals surface area (Å²) in [7, 11) is 0. The van der Waals surface area contributed by atoms with Crippen LogP contribution >= 0.6 is 12.4 Å². The molecule has 0 aromatic carbocycles. The summed E-state index contributed by atoms with van der Waals surface area (Å²) in [4.78, 5) is 13.0. The number of hydrogen-bond acceptors (Lipinski definition) is 3. The van der Waals surface area contributed by atoms with E-state index in [9.17, 15) is 4.79 Å². The highest BCUT2D eigenvalue weighted by Crippen LogP contribution is 2.15. The van der Waals surface area contributed by atoms with Crippen molar-refractivity contribution in [2.45, 2.75) is 12.8 Å². The molecular formula is C8H18ClN3O. The lowest BCUT2D eigenvalue weighted by molar-refractivity contribution is -0.130. The molecule has 0 aromatic rings. The Morgan fingerprint density at radius 2 is 1.85 bits per heavy atom. The highest BCUT2D eigenvalue weighted by atomic mass is 35.5. The van der Waals surface area contributed by atoms with E-state index in [2.05, 4.69) is 0 Å². The van der Waals surface area contributed by atoms with Crippen LogP contribution in [-0.2, 0) is 4.79 Å². The molecule has 1 aliphatic heterocycles. The first-order valence-electron chi connectivity index (χ1n) is 4.45. The Bertz CT molecular complexity index is 157. The summed E-state index contributed by atoms with van der Waals surface area (Å²) >= 11 is 0. The molecule has 13 heavy (non-hydrogen) atoms. The summed E-state index contributed by atoms with van der Waals surface area (Å²) in [6.07, 6.45) is 2.06. The minimum atomic E-state index is 0. The van der Waals surface area contributed by atoms with Crippen LogP contribution in [0.1, 0.15) is 12.8 Å². The van der Waals surface area contributed by atoms with Crippen LogP contribution in [0.25, 0.3) is 0 Å². The zero-order valence-electron chi connectivity index (χ0n) is 7.74. The molecule has 0 aromatic heterocycles. The van der Waals surface area contributed by atoms with Gasteiger partial charge in [-0.2, -0.15) is 0 Å². The molecule has 1 amide bonds. The monoisotopic (exact) mass is 207 g/mol. The predicted molar refractivity (Wildman–Crippen MR) is 54.7 cm³/mol. The Labute approximate surface area is 85.0 Å². The van der Waals surface area contributed by atoms with Gasteiger partial charge in [0, 0.05) is 13.1 Å². The number of piperidine rings is 1. The molecule has 0 aliphatic carbocycles. The third-order valence-corrected chi connectivity index (χ3v) is 2.48. The van der Waals surface area contributed by atoms with Crippen LogP contribution in [0.5, 0.6) is 0 Å². The third-order valence-electron chi connectivity index (χ3n) is 2.48. The molecule has 0 radical (unpaired) electrons. The van der Waals surface area contributed by atoms with Crippen molar-refractivity contribution in [3.63, 3.8) is 0 Å². The van der Waals surface area contributed by atoms with Crippen molar-refractivity contribution in [2.75, 3.05) is 26.2 Å². The number of hydrogen-bond donors (Lipinski definition) is 2. The van der Waals surface area contributed by atoms with E-state index in [1.807, 2.05) is 4.90 Å². The van der Waals surface area contributed by atoms with Gasteiger partial charge in [0.15, 0.2) is 0 Å². The lowest BCUT2D eigenvalue weighted by Gasteiger charge is -2.31. The molecule has 4 nitrogen and oxygen atoms in total. The Balaban J connectivity index is 0.00000144. The molecule has 0 atom stereocenters. The fourth-order valence-corrected chi connectivity index (χ4v) is 1.55. The van der Waals surface area contributed by atoms with Gasteiger partial charge >= 0.3 is 0 Å². The molecule has 78 valence electrons. The van der Waals surface area contributed by atoms with E-state index in [1.54, 1.807) is 0 Å². The minimum Gasteiger partial charge on any atom is -0.342 e. The molecule has 1 rings (SSSR count). The van der Waals surface area contributed by atoms with Crippen LogP contribution in [-0.4, -0.2) is 37.0 Å². The molecular weight excluding hydrogens is 190 g/mol. The van der Waals surface area contributed by atoms with Gasteiger partial charge in [0.05, 0.1) is 6.54 Å². The van der Waals surface area contributed by atoms with E-state index >= 15 is 0 Å². The number of nitrogens with two attached hydrogens (primary N) is 2. The molecule has 5 heteroatoms. The topological polar surface area (TPSA) is 72.4 Å². The second-order valence-corrected chi connectivity index (χ2v) is 3.26. The quantitative estimate of drug-likeness (QED) is 0.645. The number of carbonyl (C=O) groups excluding carboxylic acids is 1. The van der Waals surface area contributed by atoms with Crippen molar-refractivity contribution in [1.29, 1.82) is 0 Å². The van der Waals surface area contributed by atoms with Gasteiger partial charge in [-0.3, -0.25) is 4.79 Å². The van der Waals surface area contributed by atoms with Crippen LogP contribution < -0.4 is 11.5 Å². The normalized spacial score (nSPS) is 18.2. The number of amides is 1. The van der Waals surface area contributed by atoms with Crippen molar-refractivity contribution in [1.82, 2.24) is 4.90 Å². The molecule has 1 saturated heterocycles. The van der Waals surface area contributed by atoms with Crippen molar-refractivity contribution < 1.29 is 4.79 Å². The fourth-order valence-electron chi connectivity index (χ4n) is 1.55. The lowest BCUT2D eigenvalue weighted by Crippen LogP contribution is -2.42. The summed E-state index contributed by atoms with van der Waals surface area (Å²) in [5.41, 5.74) is 10.8. The SMILES string of the molecule is Cl.NCC(=O)N1CCC(CN)CC1. The van der Waals surface area contributed by atoms with Gasteiger partial charge in [0.1, 0.15) is 0 Å². The first kappa shape index (κ1) is 12.7. The van der Waals surface area contributed by atoms with Gasteiger partial charge < -0.3 is 16.4 Å². The molecule has 1 aliphatic rings. The maximum absolute atomic E-state index is 11.1. The summed E-state index contributed by atoms with van der Waals surface area (Å²) < 4.78 is 0. The molecule has 0 bridgehead atoms. The highest BCUT2D eigenvalue weighted by molar-refractivity contribution is 5.85. The smallest absolute Gasteiger partial charge is 0.236 e. The summed E-state index contributed by atoms with van der Waals surface area (Å²) in [6, 6.07) is 0. The van der Waals surface area contributed by atoms with Gasteiger partial charge in [-0.1, -0.05) is 0 Å². The third kappa shape index (κ3) is 3.50. The Morgan fingerprint density at radius 1 is 1.31 bits per heavy atom. The number of carbonyl (C=O) groups is 1. The van der Waals surface area contributed by atoms with E-state index < -0.39 is 0 Å². The van der Waals surface area contributed by atoms with E-state index in [-0.39, 0.29) is 24.9 Å². The highest BCUT2D eigenvalue weighted by Gasteiger charge is 2.20. The van der Waals surface area contributed by atoms with Gasteiger partial charge in [-0.15, -0.1) is 12.4 Å². The van der Waals surface area contributed by atoms with E-state index in [4.69, 9.17) is 11.5 Å². The van der Waals surface area contributed by atoms with Crippen molar-refractivity contribution >= 4 is 18.3 Å². The van der Waals surface area contributed by atoms with Gasteiger partial charge in [-0.25, -0.2) is 0 Å². The largest absolute Gasteiger partial charge is 0.342 e. The number of nitrogens with zero attached hydrogens (tertiary/aromatic N) is 1. The molecule has 0 unspecified atom stereocenters. The van der Waals surface area contributed by atoms with Crippen LogP contribution in [0, 0.1) is 5.92 Å². The first-order chi connectivity index (χ1) is 5.77. The Kier molecular flexibility index (Phi) is 6.03. The maximum Gasteiger partial charge on any atom is 0.236 e. The second kappa shape index (κ2) is 6.18. The molecule has 4 N–H and O–H groups in total. The second-order valence-electron chi connectivity index (χ2n) is 3.26. The first-order valence-corrected chi connectivity index (χ1v) is 4.45. The average molecular weight is 208 g/mol. The molecule has 1 fully saturated rings. The Hall–Kier alpha value is -0.320. The van der Waals surface area contributed by atoms with Crippen molar-refractivity contribution in [3.05, 3.63) is 0 Å². The average Bonchev–Trinajstić information content (AvgIpc) is 2.17. The van der Waals surface area contributed by atoms with Crippen LogP contribution in [0.4, 0.5) is 0 Å².